The second-order valence-corrected chi connectivity index (χ2v) is 6.09. The summed E-state index contributed by atoms with van der Waals surface area (Å²) in [6.45, 7) is 1.71. The highest BCUT2D eigenvalue weighted by Gasteiger charge is 2.32. The molecule has 0 heterocycles. The molecule has 0 saturated heterocycles. The van der Waals surface area contributed by atoms with Gasteiger partial charge in [-0.25, -0.2) is 13.1 Å². The van der Waals surface area contributed by atoms with E-state index in [0.717, 1.165) is 0 Å². The van der Waals surface area contributed by atoms with Crippen LogP contribution in [-0.2, 0) is 10.0 Å². The molecule has 5 nitrogen and oxygen atoms in total. The van der Waals surface area contributed by atoms with Gasteiger partial charge in [0, 0.05) is 6.04 Å². The van der Waals surface area contributed by atoms with E-state index in [9.17, 15) is 8.42 Å². The van der Waals surface area contributed by atoms with Crippen molar-refractivity contribution in [2.75, 3.05) is 5.73 Å². The number of anilines is 1. The minimum Gasteiger partial charge on any atom is -0.398 e. The Bertz CT molecular complexity index is 501. The van der Waals surface area contributed by atoms with Crippen LogP contribution in [0.1, 0.15) is 18.4 Å². The van der Waals surface area contributed by atoms with Gasteiger partial charge in [-0.05, 0) is 31.4 Å². The molecule has 1 saturated carbocycles. The number of hydrogen-bond donors (Lipinski definition) is 3. The lowest BCUT2D eigenvalue weighted by Crippen LogP contribution is -2.46. The molecule has 6 heteroatoms. The van der Waals surface area contributed by atoms with Crippen LogP contribution in [0, 0.1) is 6.92 Å². The Morgan fingerprint density at radius 3 is 2.59 bits per heavy atom. The first-order valence-corrected chi connectivity index (χ1v) is 6.94. The Balaban J connectivity index is 2.26. The van der Waals surface area contributed by atoms with E-state index in [2.05, 4.69) is 4.72 Å². The van der Waals surface area contributed by atoms with Crippen molar-refractivity contribution in [1.82, 2.24) is 4.72 Å². The van der Waals surface area contributed by atoms with Crippen molar-refractivity contribution in [2.45, 2.75) is 36.8 Å². The first-order chi connectivity index (χ1) is 7.90. The number of aryl methyl sites for hydroxylation is 1. The molecule has 0 aromatic heterocycles. The first kappa shape index (κ1) is 12.3. The molecule has 1 aromatic carbocycles. The summed E-state index contributed by atoms with van der Waals surface area (Å²) in [6.07, 6.45) is 0.535. The number of rotatable bonds is 3. The fourth-order valence-electron chi connectivity index (χ4n) is 2.00. The summed E-state index contributed by atoms with van der Waals surface area (Å²) in [7, 11) is -3.59. The van der Waals surface area contributed by atoms with Crippen molar-refractivity contribution in [1.29, 1.82) is 0 Å². The third-order valence-corrected chi connectivity index (χ3v) is 4.68. The van der Waals surface area contributed by atoms with Crippen LogP contribution in [0.2, 0.25) is 0 Å². The van der Waals surface area contributed by atoms with Crippen molar-refractivity contribution in [2.24, 2.45) is 0 Å². The van der Waals surface area contributed by atoms with E-state index in [4.69, 9.17) is 10.8 Å². The zero-order valence-electron chi connectivity index (χ0n) is 9.55. The normalized spacial score (nSPS) is 24.4. The standard InChI is InChI=1S/C11H16N2O3S/c1-7-3-2-4-10(12)11(7)17(15,16)13-8-5-9(14)6-8/h2-4,8-9,13-14H,5-6,12H2,1H3. The summed E-state index contributed by atoms with van der Waals surface area (Å²) in [5, 5.41) is 9.14. The molecule has 1 fully saturated rings. The van der Waals surface area contributed by atoms with E-state index >= 15 is 0 Å². The third kappa shape index (κ3) is 2.43. The fourth-order valence-corrected chi connectivity index (χ4v) is 3.62. The van der Waals surface area contributed by atoms with E-state index in [1.54, 1.807) is 25.1 Å². The van der Waals surface area contributed by atoms with Crippen molar-refractivity contribution in [3.8, 4) is 0 Å². The second-order valence-electron chi connectivity index (χ2n) is 4.44. The Morgan fingerprint density at radius 2 is 2.06 bits per heavy atom. The van der Waals surface area contributed by atoms with Crippen LogP contribution in [0.5, 0.6) is 0 Å². The molecule has 1 aliphatic rings. The van der Waals surface area contributed by atoms with Gasteiger partial charge in [0.05, 0.1) is 11.8 Å². The van der Waals surface area contributed by atoms with Gasteiger partial charge >= 0.3 is 0 Å². The monoisotopic (exact) mass is 256 g/mol. The van der Waals surface area contributed by atoms with Gasteiger partial charge in [-0.2, -0.15) is 0 Å². The largest absolute Gasteiger partial charge is 0.398 e. The van der Waals surface area contributed by atoms with Crippen LogP contribution in [0.15, 0.2) is 23.1 Å². The number of sulfonamides is 1. The van der Waals surface area contributed by atoms with Crippen LogP contribution < -0.4 is 10.5 Å². The Kier molecular flexibility index (Phi) is 3.11. The highest BCUT2D eigenvalue weighted by Crippen LogP contribution is 2.26. The smallest absolute Gasteiger partial charge is 0.243 e. The number of benzene rings is 1. The quantitative estimate of drug-likeness (QED) is 0.682. The van der Waals surface area contributed by atoms with E-state index < -0.39 is 16.1 Å². The van der Waals surface area contributed by atoms with E-state index in [1.165, 1.54) is 0 Å². The molecular weight excluding hydrogens is 240 g/mol. The summed E-state index contributed by atoms with van der Waals surface area (Å²) < 4.78 is 26.8. The van der Waals surface area contributed by atoms with Crippen LogP contribution >= 0.6 is 0 Å². The molecule has 1 aliphatic carbocycles. The van der Waals surface area contributed by atoms with Gasteiger partial charge in [-0.15, -0.1) is 0 Å². The minimum atomic E-state index is -3.59. The number of aliphatic hydroxyl groups excluding tert-OH is 1. The lowest BCUT2D eigenvalue weighted by Gasteiger charge is -2.31. The molecule has 0 radical (unpaired) electrons. The number of aliphatic hydroxyl groups is 1. The Hall–Kier alpha value is -1.11. The fraction of sp³-hybridized carbons (Fsp3) is 0.455. The summed E-state index contributed by atoms with van der Waals surface area (Å²) in [5.74, 6) is 0. The summed E-state index contributed by atoms with van der Waals surface area (Å²) in [5.41, 5.74) is 6.57. The molecule has 0 aliphatic heterocycles. The van der Waals surface area contributed by atoms with Crippen molar-refractivity contribution in [3.05, 3.63) is 23.8 Å². The van der Waals surface area contributed by atoms with Gasteiger partial charge in [-0.3, -0.25) is 0 Å². The first-order valence-electron chi connectivity index (χ1n) is 5.45. The van der Waals surface area contributed by atoms with Crippen LogP contribution in [0.4, 0.5) is 5.69 Å². The van der Waals surface area contributed by atoms with Crippen LogP contribution in [-0.4, -0.2) is 25.7 Å². The lowest BCUT2D eigenvalue weighted by atomic mass is 9.91. The van der Waals surface area contributed by atoms with E-state index in [0.29, 0.717) is 18.4 Å². The predicted molar refractivity (Wildman–Crippen MR) is 64.9 cm³/mol. The van der Waals surface area contributed by atoms with Crippen LogP contribution in [0.25, 0.3) is 0 Å². The molecule has 0 bridgehead atoms. The summed E-state index contributed by atoms with van der Waals surface area (Å²) >= 11 is 0. The highest BCUT2D eigenvalue weighted by atomic mass is 32.2. The number of nitrogen functional groups attached to an aromatic ring is 1. The molecule has 4 N–H and O–H groups in total. The van der Waals surface area contributed by atoms with Crippen molar-refractivity contribution >= 4 is 15.7 Å². The zero-order chi connectivity index (χ0) is 12.6. The highest BCUT2D eigenvalue weighted by molar-refractivity contribution is 7.89. The van der Waals surface area contributed by atoms with Gasteiger partial charge in [0.15, 0.2) is 0 Å². The number of nitrogens with one attached hydrogen (secondary N) is 1. The number of hydrogen-bond acceptors (Lipinski definition) is 4. The summed E-state index contributed by atoms with van der Waals surface area (Å²) in [6, 6.07) is 4.81. The zero-order valence-corrected chi connectivity index (χ0v) is 10.4. The van der Waals surface area contributed by atoms with Crippen LogP contribution in [0.3, 0.4) is 0 Å². The minimum absolute atomic E-state index is 0.140. The van der Waals surface area contributed by atoms with Gasteiger partial charge in [0.2, 0.25) is 10.0 Å². The summed E-state index contributed by atoms with van der Waals surface area (Å²) in [4.78, 5) is 0.140. The maximum absolute atomic E-state index is 12.1. The lowest BCUT2D eigenvalue weighted by molar-refractivity contribution is 0.0712. The third-order valence-electron chi connectivity index (χ3n) is 2.95. The number of nitrogens with two attached hydrogens (primary N) is 1. The molecule has 94 valence electrons. The topological polar surface area (TPSA) is 92.4 Å². The van der Waals surface area contributed by atoms with E-state index in [-0.39, 0.29) is 16.6 Å². The maximum Gasteiger partial charge on any atom is 0.243 e. The molecule has 2 rings (SSSR count). The average molecular weight is 256 g/mol. The predicted octanol–water partition coefficient (Wildman–Crippen LogP) is 0.379. The molecule has 1 aromatic rings. The second kappa shape index (κ2) is 4.29. The molecule has 17 heavy (non-hydrogen) atoms. The molecule has 0 unspecified atom stereocenters. The molecule has 0 spiro atoms. The maximum atomic E-state index is 12.1. The molecule has 0 amide bonds. The SMILES string of the molecule is Cc1cccc(N)c1S(=O)(=O)NC1CC(O)C1. The van der Waals surface area contributed by atoms with Gasteiger partial charge in [-0.1, -0.05) is 12.1 Å². The Morgan fingerprint density at radius 1 is 1.41 bits per heavy atom. The van der Waals surface area contributed by atoms with Crippen molar-refractivity contribution < 1.29 is 13.5 Å². The Labute approximate surface area is 101 Å². The molecule has 0 atom stereocenters. The molecular formula is C11H16N2O3S. The van der Waals surface area contributed by atoms with Crippen molar-refractivity contribution in [3.63, 3.8) is 0 Å². The van der Waals surface area contributed by atoms with Gasteiger partial charge < -0.3 is 10.8 Å². The van der Waals surface area contributed by atoms with Gasteiger partial charge in [0.25, 0.3) is 0 Å². The van der Waals surface area contributed by atoms with E-state index in [1.807, 2.05) is 0 Å². The van der Waals surface area contributed by atoms with Gasteiger partial charge in [0.1, 0.15) is 4.90 Å². The average Bonchev–Trinajstić information content (AvgIpc) is 2.14.